The lowest BCUT2D eigenvalue weighted by atomic mass is 10.0. The number of rotatable bonds is 5. The molecule has 6 heteroatoms. The summed E-state index contributed by atoms with van der Waals surface area (Å²) in [5.41, 5.74) is 3.40. The number of ether oxygens (including phenoxy) is 2. The molecular formula is C20H22ClN3O2. The Morgan fingerprint density at radius 3 is 2.46 bits per heavy atom. The Morgan fingerprint density at radius 2 is 1.81 bits per heavy atom. The molecule has 5 nitrogen and oxygen atoms in total. The van der Waals surface area contributed by atoms with Crippen LogP contribution in [0.3, 0.4) is 0 Å². The molecule has 2 heterocycles. The molecule has 3 aromatic rings. The summed E-state index contributed by atoms with van der Waals surface area (Å²) in [5, 5.41) is 5.88. The summed E-state index contributed by atoms with van der Waals surface area (Å²) in [4.78, 5) is 9.26. The number of anilines is 1. The van der Waals surface area contributed by atoms with Crippen molar-refractivity contribution < 1.29 is 9.47 Å². The molecule has 0 aliphatic rings. The molecule has 0 radical (unpaired) electrons. The van der Waals surface area contributed by atoms with E-state index >= 15 is 0 Å². The summed E-state index contributed by atoms with van der Waals surface area (Å²) < 4.78 is 10.9. The van der Waals surface area contributed by atoms with Gasteiger partial charge in [0.15, 0.2) is 0 Å². The van der Waals surface area contributed by atoms with E-state index in [2.05, 4.69) is 10.3 Å². The first-order valence-corrected chi connectivity index (χ1v) is 8.80. The second kappa shape index (κ2) is 7.38. The lowest BCUT2D eigenvalue weighted by Crippen LogP contribution is -2.03. The van der Waals surface area contributed by atoms with Gasteiger partial charge >= 0.3 is 0 Å². The van der Waals surface area contributed by atoms with Gasteiger partial charge in [-0.3, -0.25) is 4.98 Å². The molecular weight excluding hydrogens is 350 g/mol. The molecule has 136 valence electrons. The van der Waals surface area contributed by atoms with Crippen LogP contribution in [-0.4, -0.2) is 30.7 Å². The Kier molecular flexibility index (Phi) is 5.18. The summed E-state index contributed by atoms with van der Waals surface area (Å²) in [6.07, 6.45) is 1.86. The minimum atomic E-state index is 0.514. The molecule has 0 fully saturated rings. The summed E-state index contributed by atoms with van der Waals surface area (Å²) in [7, 11) is 3.22. The number of fused-ring (bicyclic) bond motifs is 1. The SMILES string of the molecule is CCNc1nc(-c2c(C)c(OC)cc(OC)c2Cl)cc2cnc(C)cc12. The predicted molar refractivity (Wildman–Crippen MR) is 107 cm³/mol. The van der Waals surface area contributed by atoms with Crippen molar-refractivity contribution in [1.82, 2.24) is 9.97 Å². The van der Waals surface area contributed by atoms with Gasteiger partial charge in [0.05, 0.1) is 24.9 Å². The first kappa shape index (κ1) is 18.3. The highest BCUT2D eigenvalue weighted by Crippen LogP contribution is 2.43. The van der Waals surface area contributed by atoms with E-state index in [1.165, 1.54) is 0 Å². The molecule has 1 aromatic carbocycles. The first-order chi connectivity index (χ1) is 12.5. The maximum Gasteiger partial charge on any atom is 0.141 e. The number of hydrogen-bond donors (Lipinski definition) is 1. The zero-order valence-corrected chi connectivity index (χ0v) is 16.4. The lowest BCUT2D eigenvalue weighted by Gasteiger charge is -2.17. The van der Waals surface area contributed by atoms with E-state index in [1.54, 1.807) is 20.3 Å². The standard InChI is InChI=1S/C20H22ClN3O2/c1-6-22-20-14-7-11(2)23-10-13(14)8-15(24-20)18-12(3)16(25-4)9-17(26-5)19(18)21/h7-10H,6H2,1-5H3,(H,22,24). The summed E-state index contributed by atoms with van der Waals surface area (Å²) in [6.45, 7) is 6.74. The van der Waals surface area contributed by atoms with E-state index in [4.69, 9.17) is 26.1 Å². The van der Waals surface area contributed by atoms with E-state index < -0.39 is 0 Å². The third kappa shape index (κ3) is 3.15. The number of pyridine rings is 2. The fourth-order valence-electron chi connectivity index (χ4n) is 3.05. The quantitative estimate of drug-likeness (QED) is 0.682. The number of benzene rings is 1. The average Bonchev–Trinajstić information content (AvgIpc) is 2.63. The second-order valence-corrected chi connectivity index (χ2v) is 6.41. The highest BCUT2D eigenvalue weighted by Gasteiger charge is 2.19. The molecule has 26 heavy (non-hydrogen) atoms. The van der Waals surface area contributed by atoms with Crippen molar-refractivity contribution in [2.24, 2.45) is 0 Å². The first-order valence-electron chi connectivity index (χ1n) is 8.42. The van der Waals surface area contributed by atoms with Crippen LogP contribution in [0.15, 0.2) is 24.4 Å². The highest BCUT2D eigenvalue weighted by atomic mass is 35.5. The van der Waals surface area contributed by atoms with Gasteiger partial charge in [-0.2, -0.15) is 0 Å². The van der Waals surface area contributed by atoms with Crippen molar-refractivity contribution in [2.75, 3.05) is 26.1 Å². The van der Waals surface area contributed by atoms with Crippen molar-refractivity contribution in [3.05, 3.63) is 40.7 Å². The summed E-state index contributed by atoms with van der Waals surface area (Å²) >= 11 is 6.63. The van der Waals surface area contributed by atoms with Crippen LogP contribution >= 0.6 is 11.6 Å². The van der Waals surface area contributed by atoms with Crippen molar-refractivity contribution in [2.45, 2.75) is 20.8 Å². The van der Waals surface area contributed by atoms with Gasteiger partial charge < -0.3 is 14.8 Å². The largest absolute Gasteiger partial charge is 0.496 e. The zero-order valence-electron chi connectivity index (χ0n) is 15.6. The highest BCUT2D eigenvalue weighted by molar-refractivity contribution is 6.35. The van der Waals surface area contributed by atoms with Gasteiger partial charge in [-0.25, -0.2) is 4.98 Å². The fourth-order valence-corrected chi connectivity index (χ4v) is 3.42. The average molecular weight is 372 g/mol. The number of nitrogens with one attached hydrogen (secondary N) is 1. The van der Waals surface area contributed by atoms with Crippen LogP contribution in [-0.2, 0) is 0 Å². The molecule has 0 spiro atoms. The number of aryl methyl sites for hydroxylation is 1. The Bertz CT molecular complexity index is 945. The third-order valence-electron chi connectivity index (χ3n) is 4.33. The summed E-state index contributed by atoms with van der Waals surface area (Å²) in [6, 6.07) is 5.82. The van der Waals surface area contributed by atoms with Gasteiger partial charge in [-0.15, -0.1) is 0 Å². The zero-order chi connectivity index (χ0) is 18.8. The van der Waals surface area contributed by atoms with Crippen molar-refractivity contribution >= 4 is 28.2 Å². The van der Waals surface area contributed by atoms with Crippen LogP contribution in [0.4, 0.5) is 5.82 Å². The Hall–Kier alpha value is -2.53. The topological polar surface area (TPSA) is 56.3 Å². The Balaban J connectivity index is 2.34. The molecule has 3 rings (SSSR count). The Labute approximate surface area is 158 Å². The monoisotopic (exact) mass is 371 g/mol. The second-order valence-electron chi connectivity index (χ2n) is 6.03. The number of halogens is 1. The molecule has 0 saturated heterocycles. The molecule has 0 unspecified atom stereocenters. The maximum absolute atomic E-state index is 6.63. The number of nitrogens with zero attached hydrogens (tertiary/aromatic N) is 2. The molecule has 0 saturated carbocycles. The van der Waals surface area contributed by atoms with E-state index in [1.807, 2.05) is 39.1 Å². The molecule has 0 aliphatic heterocycles. The lowest BCUT2D eigenvalue weighted by molar-refractivity contribution is 0.393. The number of aromatic nitrogens is 2. The number of methoxy groups -OCH3 is 2. The minimum Gasteiger partial charge on any atom is -0.496 e. The predicted octanol–water partition coefficient (Wildman–Crippen LogP) is 5.02. The van der Waals surface area contributed by atoms with Crippen molar-refractivity contribution in [1.29, 1.82) is 0 Å². The summed E-state index contributed by atoms with van der Waals surface area (Å²) in [5.74, 6) is 2.07. The maximum atomic E-state index is 6.63. The Morgan fingerprint density at radius 1 is 1.08 bits per heavy atom. The number of hydrogen-bond acceptors (Lipinski definition) is 5. The van der Waals surface area contributed by atoms with E-state index in [-0.39, 0.29) is 0 Å². The molecule has 0 amide bonds. The normalized spacial score (nSPS) is 10.8. The molecule has 1 N–H and O–H groups in total. The van der Waals surface area contributed by atoms with Gasteiger partial charge in [0.1, 0.15) is 17.3 Å². The van der Waals surface area contributed by atoms with Gasteiger partial charge in [-0.1, -0.05) is 11.6 Å². The van der Waals surface area contributed by atoms with Crippen molar-refractivity contribution in [3.8, 4) is 22.8 Å². The van der Waals surface area contributed by atoms with Gasteiger partial charge in [0.25, 0.3) is 0 Å². The van der Waals surface area contributed by atoms with Crippen LogP contribution in [0.5, 0.6) is 11.5 Å². The van der Waals surface area contributed by atoms with Crippen LogP contribution in [0.1, 0.15) is 18.2 Å². The van der Waals surface area contributed by atoms with Crippen LogP contribution in [0.2, 0.25) is 5.02 Å². The minimum absolute atomic E-state index is 0.514. The molecule has 0 bridgehead atoms. The van der Waals surface area contributed by atoms with Crippen LogP contribution < -0.4 is 14.8 Å². The molecule has 0 atom stereocenters. The van der Waals surface area contributed by atoms with Gasteiger partial charge in [-0.05, 0) is 32.9 Å². The van der Waals surface area contributed by atoms with Gasteiger partial charge in [0, 0.05) is 46.4 Å². The smallest absolute Gasteiger partial charge is 0.141 e. The molecule has 0 aliphatic carbocycles. The van der Waals surface area contributed by atoms with E-state index in [0.29, 0.717) is 16.5 Å². The fraction of sp³-hybridized carbons (Fsp3) is 0.300. The molecule has 2 aromatic heterocycles. The van der Waals surface area contributed by atoms with Gasteiger partial charge in [0.2, 0.25) is 0 Å². The van der Waals surface area contributed by atoms with Crippen LogP contribution in [0.25, 0.3) is 22.0 Å². The van der Waals surface area contributed by atoms with Crippen LogP contribution in [0, 0.1) is 13.8 Å². The van der Waals surface area contributed by atoms with E-state index in [9.17, 15) is 0 Å². The third-order valence-corrected chi connectivity index (χ3v) is 4.71. The van der Waals surface area contributed by atoms with Crippen molar-refractivity contribution in [3.63, 3.8) is 0 Å². The van der Waals surface area contributed by atoms with E-state index in [0.717, 1.165) is 45.6 Å².